The molecule has 1 heterocycles. The molecule has 1 saturated heterocycles. The molecule has 1 aromatic carbocycles. The fourth-order valence-corrected chi connectivity index (χ4v) is 1.91. The lowest BCUT2D eigenvalue weighted by molar-refractivity contribution is -0.117. The minimum atomic E-state index is -0.443. The molecular weight excluding hydrogens is 202 g/mol. The Morgan fingerprint density at radius 3 is 2.50 bits per heavy atom. The van der Waals surface area contributed by atoms with Crippen LogP contribution in [0.3, 0.4) is 0 Å². The van der Waals surface area contributed by atoms with E-state index in [1.165, 1.54) is 10.0 Å². The van der Waals surface area contributed by atoms with Crippen LogP contribution in [0.4, 0.5) is 5.69 Å². The second-order valence-electron chi connectivity index (χ2n) is 4.44. The number of carbonyl (C=O) groups excluding carboxylic acids is 1. The van der Waals surface area contributed by atoms with Crippen molar-refractivity contribution in [2.75, 3.05) is 5.01 Å². The van der Waals surface area contributed by atoms with Crippen LogP contribution in [0.25, 0.3) is 0 Å². The van der Waals surface area contributed by atoms with Crippen LogP contribution in [0, 0.1) is 11.5 Å². The Bertz CT molecular complexity index is 447. The smallest absolute Gasteiger partial charge is 0.248 e. The van der Waals surface area contributed by atoms with E-state index >= 15 is 0 Å². The molecule has 0 aliphatic carbocycles. The van der Waals surface area contributed by atoms with Gasteiger partial charge in [0.15, 0.2) is 0 Å². The van der Waals surface area contributed by atoms with Gasteiger partial charge in [-0.3, -0.25) is 4.79 Å². The van der Waals surface area contributed by atoms with Crippen LogP contribution in [-0.4, -0.2) is 16.5 Å². The van der Waals surface area contributed by atoms with Crippen molar-refractivity contribution >= 4 is 11.6 Å². The third-order valence-corrected chi connectivity index (χ3v) is 2.69. The van der Waals surface area contributed by atoms with Gasteiger partial charge < -0.3 is 0 Å². The highest BCUT2D eigenvalue weighted by Gasteiger charge is 2.44. The predicted octanol–water partition coefficient (Wildman–Crippen LogP) is 1.90. The van der Waals surface area contributed by atoms with Gasteiger partial charge in [-0.05, 0) is 26.0 Å². The number of hydrogen-bond donors (Lipinski definition) is 0. The van der Waals surface area contributed by atoms with Crippen LogP contribution < -0.4 is 5.01 Å². The van der Waals surface area contributed by atoms with Crippen LogP contribution in [0.2, 0.25) is 0 Å². The number of amides is 1. The second-order valence-corrected chi connectivity index (χ2v) is 4.44. The van der Waals surface area contributed by atoms with Gasteiger partial charge in [0.2, 0.25) is 12.1 Å². The monoisotopic (exact) mass is 215 g/mol. The molecule has 0 bridgehead atoms. The van der Waals surface area contributed by atoms with Gasteiger partial charge in [0.25, 0.3) is 0 Å². The molecule has 1 aliphatic rings. The molecule has 1 fully saturated rings. The molecule has 1 amide bonds. The minimum absolute atomic E-state index is 0.0437. The highest BCUT2D eigenvalue weighted by atomic mass is 16.2. The predicted molar refractivity (Wildman–Crippen MR) is 60.1 cm³/mol. The zero-order valence-electron chi connectivity index (χ0n) is 9.34. The molecule has 82 valence electrons. The van der Waals surface area contributed by atoms with E-state index in [0.29, 0.717) is 6.42 Å². The number of hydrogen-bond acceptors (Lipinski definition) is 3. The summed E-state index contributed by atoms with van der Waals surface area (Å²) in [6.45, 7) is 3.77. The summed E-state index contributed by atoms with van der Waals surface area (Å²) in [6, 6.07) is 9.23. The van der Waals surface area contributed by atoms with E-state index in [0.717, 1.165) is 5.69 Å². The minimum Gasteiger partial charge on any atom is -0.272 e. The van der Waals surface area contributed by atoms with Crippen LogP contribution in [0.1, 0.15) is 20.3 Å². The van der Waals surface area contributed by atoms with Gasteiger partial charge in [-0.15, -0.1) is 0 Å². The summed E-state index contributed by atoms with van der Waals surface area (Å²) in [5.74, 6) is -0.0437. The maximum atomic E-state index is 11.9. The summed E-state index contributed by atoms with van der Waals surface area (Å²) in [7, 11) is 0. The van der Waals surface area contributed by atoms with E-state index in [2.05, 4.69) is 6.19 Å². The third-order valence-electron chi connectivity index (χ3n) is 2.69. The fourth-order valence-electron chi connectivity index (χ4n) is 1.91. The van der Waals surface area contributed by atoms with Crippen molar-refractivity contribution in [3.8, 4) is 6.19 Å². The van der Waals surface area contributed by atoms with E-state index in [-0.39, 0.29) is 5.91 Å². The van der Waals surface area contributed by atoms with E-state index in [9.17, 15) is 4.79 Å². The van der Waals surface area contributed by atoms with Gasteiger partial charge in [0.1, 0.15) is 0 Å². The second kappa shape index (κ2) is 3.53. The van der Waals surface area contributed by atoms with Crippen molar-refractivity contribution in [1.82, 2.24) is 5.01 Å². The molecule has 4 heteroatoms. The normalized spacial score (nSPS) is 18.7. The highest BCUT2D eigenvalue weighted by Crippen LogP contribution is 2.32. The summed E-state index contributed by atoms with van der Waals surface area (Å²) < 4.78 is 0. The zero-order chi connectivity index (χ0) is 11.8. The van der Waals surface area contributed by atoms with Crippen LogP contribution in [0.15, 0.2) is 30.3 Å². The highest BCUT2D eigenvalue weighted by molar-refractivity contribution is 5.95. The molecule has 0 saturated carbocycles. The molecule has 1 aliphatic heterocycles. The lowest BCUT2D eigenvalue weighted by Crippen LogP contribution is -2.43. The fraction of sp³-hybridized carbons (Fsp3) is 0.333. The van der Waals surface area contributed by atoms with Crippen molar-refractivity contribution in [2.45, 2.75) is 25.8 Å². The van der Waals surface area contributed by atoms with Gasteiger partial charge in [0, 0.05) is 0 Å². The van der Waals surface area contributed by atoms with E-state index in [1.807, 2.05) is 44.2 Å². The number of benzene rings is 1. The van der Waals surface area contributed by atoms with E-state index < -0.39 is 5.54 Å². The quantitative estimate of drug-likeness (QED) is 0.672. The van der Waals surface area contributed by atoms with Crippen LogP contribution in [0.5, 0.6) is 0 Å². The molecule has 0 spiro atoms. The zero-order valence-corrected chi connectivity index (χ0v) is 9.34. The lowest BCUT2D eigenvalue weighted by atomic mass is 10.0. The number of hydrazine groups is 1. The Balaban J connectivity index is 2.42. The molecule has 0 N–H and O–H groups in total. The summed E-state index contributed by atoms with van der Waals surface area (Å²) in [6.07, 6.45) is 2.43. The number of carbonyl (C=O) groups is 1. The Morgan fingerprint density at radius 1 is 1.31 bits per heavy atom. The molecule has 0 aromatic heterocycles. The lowest BCUT2D eigenvalue weighted by Gasteiger charge is -2.30. The van der Waals surface area contributed by atoms with Gasteiger partial charge in [-0.25, -0.2) is 10.0 Å². The van der Waals surface area contributed by atoms with Gasteiger partial charge in [-0.1, -0.05) is 18.2 Å². The first-order valence-electron chi connectivity index (χ1n) is 5.14. The van der Waals surface area contributed by atoms with Gasteiger partial charge >= 0.3 is 0 Å². The molecule has 1 aromatic rings. The number of nitriles is 1. The molecule has 16 heavy (non-hydrogen) atoms. The molecular formula is C12H13N3O. The summed E-state index contributed by atoms with van der Waals surface area (Å²) in [5, 5.41) is 12.0. The van der Waals surface area contributed by atoms with Crippen molar-refractivity contribution in [3.05, 3.63) is 30.3 Å². The average Bonchev–Trinajstić information content (AvgIpc) is 2.48. The van der Waals surface area contributed by atoms with Gasteiger partial charge in [-0.2, -0.15) is 5.26 Å². The van der Waals surface area contributed by atoms with E-state index in [1.54, 1.807) is 0 Å². The molecule has 4 nitrogen and oxygen atoms in total. The maximum absolute atomic E-state index is 11.9. The van der Waals surface area contributed by atoms with Crippen LogP contribution >= 0.6 is 0 Å². The summed E-state index contributed by atoms with van der Waals surface area (Å²) >= 11 is 0. The number of nitrogens with zero attached hydrogens (tertiary/aromatic N) is 3. The summed E-state index contributed by atoms with van der Waals surface area (Å²) in [4.78, 5) is 11.9. The summed E-state index contributed by atoms with van der Waals surface area (Å²) in [5.41, 5.74) is 0.293. The van der Waals surface area contributed by atoms with Crippen molar-refractivity contribution in [3.63, 3.8) is 0 Å². The van der Waals surface area contributed by atoms with E-state index in [4.69, 9.17) is 5.26 Å². The average molecular weight is 215 g/mol. The first-order valence-corrected chi connectivity index (χ1v) is 5.14. The molecule has 0 atom stereocenters. The van der Waals surface area contributed by atoms with Crippen molar-refractivity contribution < 1.29 is 4.79 Å². The van der Waals surface area contributed by atoms with Gasteiger partial charge in [0.05, 0.1) is 17.6 Å². The Hall–Kier alpha value is -2.02. The Morgan fingerprint density at radius 2 is 1.94 bits per heavy atom. The molecule has 0 unspecified atom stereocenters. The van der Waals surface area contributed by atoms with Crippen molar-refractivity contribution in [1.29, 1.82) is 5.26 Å². The Labute approximate surface area is 94.7 Å². The third kappa shape index (κ3) is 1.50. The van der Waals surface area contributed by atoms with Crippen LogP contribution in [-0.2, 0) is 4.79 Å². The molecule has 0 radical (unpaired) electrons. The first kappa shape index (κ1) is 10.5. The maximum Gasteiger partial charge on any atom is 0.248 e. The molecule has 2 rings (SSSR count). The SMILES string of the molecule is CC1(C)CC(=O)N(c2ccccc2)N1C#N. The number of anilines is 1. The topological polar surface area (TPSA) is 47.3 Å². The first-order chi connectivity index (χ1) is 7.56. The number of rotatable bonds is 1. The van der Waals surface area contributed by atoms with Crippen molar-refractivity contribution in [2.24, 2.45) is 0 Å². The Kier molecular flexibility index (Phi) is 2.31. The number of para-hydroxylation sites is 1. The largest absolute Gasteiger partial charge is 0.272 e. The standard InChI is InChI=1S/C12H13N3O/c1-12(2)8-11(16)15(14(12)9-13)10-6-4-3-5-7-10/h3-7H,8H2,1-2H3.